The predicted octanol–water partition coefficient (Wildman–Crippen LogP) is 6.85. The van der Waals surface area contributed by atoms with E-state index < -0.39 is 24.1 Å². The number of ether oxygens (including phenoxy) is 4. The Kier molecular flexibility index (Phi) is 14.5. The molecule has 0 N–H and O–H groups in total. The molecule has 0 fully saturated rings. The molecule has 2 rings (SSSR count). The van der Waals surface area contributed by atoms with E-state index in [1.807, 2.05) is 27.7 Å². The molecule has 0 aliphatic rings. The third-order valence-corrected chi connectivity index (χ3v) is 11.1. The molecule has 0 saturated heterocycles. The standard InChI is InChI=1S/C31H46N2O8S2/c1-7-11-15-38-25-19-23(5)29(21-27(25)40-17-13-9-3)42(34,35)31(33-32)43(36,37)30-22-28(41-18-14-10-4)26(20-24(30)6)39-16-12-8-2/h19-22H,7-18H2,1-6H3. The van der Waals surface area contributed by atoms with Crippen LogP contribution in [0.1, 0.15) is 90.2 Å². The van der Waals surface area contributed by atoms with Crippen LogP contribution in [0.5, 0.6) is 23.0 Å². The van der Waals surface area contributed by atoms with Crippen LogP contribution in [0.3, 0.4) is 0 Å². The van der Waals surface area contributed by atoms with Crippen LogP contribution >= 0.6 is 0 Å². The Morgan fingerprint density at radius 3 is 1.12 bits per heavy atom. The van der Waals surface area contributed by atoms with Crippen LogP contribution in [0, 0.1) is 13.8 Å². The average molecular weight is 639 g/mol. The zero-order valence-corrected chi connectivity index (χ0v) is 27.9. The zero-order chi connectivity index (χ0) is 32.0. The van der Waals surface area contributed by atoms with Crippen molar-refractivity contribution in [2.24, 2.45) is 0 Å². The Morgan fingerprint density at radius 2 is 0.860 bits per heavy atom. The molecule has 0 heterocycles. The van der Waals surface area contributed by atoms with Crippen molar-refractivity contribution in [1.29, 1.82) is 0 Å². The molecule has 0 atom stereocenters. The van der Waals surface area contributed by atoms with Gasteiger partial charge in [-0.2, -0.15) is 0 Å². The third-order valence-electron chi connectivity index (χ3n) is 6.62. The molecule has 2 aromatic rings. The summed E-state index contributed by atoms with van der Waals surface area (Å²) in [5.74, 6) is 1.05. The highest BCUT2D eigenvalue weighted by Crippen LogP contribution is 2.37. The summed E-state index contributed by atoms with van der Waals surface area (Å²) in [5.41, 5.74) is 10.3. The molecule has 12 heteroatoms. The summed E-state index contributed by atoms with van der Waals surface area (Å²) in [7, 11) is -9.71. The molecule has 0 aliphatic heterocycles. The van der Waals surface area contributed by atoms with Crippen LogP contribution in [0.2, 0.25) is 0 Å². The van der Waals surface area contributed by atoms with E-state index in [4.69, 9.17) is 18.9 Å². The molecule has 2 aromatic carbocycles. The molecule has 43 heavy (non-hydrogen) atoms. The van der Waals surface area contributed by atoms with Gasteiger partial charge in [-0.3, -0.25) is 0 Å². The fourth-order valence-electron chi connectivity index (χ4n) is 4.06. The van der Waals surface area contributed by atoms with Gasteiger partial charge in [0.1, 0.15) is 0 Å². The summed E-state index contributed by atoms with van der Waals surface area (Å²) in [5, 5.41) is 0. The first-order valence-electron chi connectivity index (χ1n) is 15.0. The summed E-state index contributed by atoms with van der Waals surface area (Å²) < 4.78 is 77.5. The number of hydrogen-bond donors (Lipinski definition) is 0. The van der Waals surface area contributed by atoms with E-state index >= 15 is 0 Å². The van der Waals surface area contributed by atoms with Gasteiger partial charge in [0.2, 0.25) is 0 Å². The normalized spacial score (nSPS) is 11.6. The van der Waals surface area contributed by atoms with Crippen molar-refractivity contribution in [3.05, 3.63) is 40.9 Å². The summed E-state index contributed by atoms with van der Waals surface area (Å²) in [4.78, 5) is 2.11. The Labute approximate surface area is 257 Å². The highest BCUT2D eigenvalue weighted by atomic mass is 32.3. The van der Waals surface area contributed by atoms with Crippen molar-refractivity contribution in [2.75, 3.05) is 26.4 Å². The van der Waals surface area contributed by atoms with Gasteiger partial charge in [-0.1, -0.05) is 53.4 Å². The minimum Gasteiger partial charge on any atom is -0.490 e. The predicted molar refractivity (Wildman–Crippen MR) is 167 cm³/mol. The Bertz CT molecular complexity index is 1380. The van der Waals surface area contributed by atoms with E-state index in [-0.39, 0.29) is 32.4 Å². The van der Waals surface area contributed by atoms with Crippen molar-refractivity contribution < 1.29 is 40.6 Å². The van der Waals surface area contributed by atoms with Gasteiger partial charge in [0.15, 0.2) is 23.0 Å². The van der Waals surface area contributed by atoms with Crippen molar-refractivity contribution in [3.8, 4) is 23.0 Å². The van der Waals surface area contributed by atoms with Gasteiger partial charge in [-0.05, 0) is 62.8 Å². The fraction of sp³-hybridized carbons (Fsp3) is 0.581. The number of hydrogen-bond acceptors (Lipinski definition) is 8. The molecule has 0 unspecified atom stereocenters. The minimum absolute atomic E-state index is 0.166. The minimum atomic E-state index is -4.86. The van der Waals surface area contributed by atoms with Crippen molar-refractivity contribution in [1.82, 2.24) is 0 Å². The average Bonchev–Trinajstić information content (AvgIpc) is 2.95. The van der Waals surface area contributed by atoms with Gasteiger partial charge < -0.3 is 24.5 Å². The van der Waals surface area contributed by atoms with E-state index in [1.165, 1.54) is 38.1 Å². The van der Waals surface area contributed by atoms with Crippen molar-refractivity contribution in [2.45, 2.75) is 103 Å². The molecule has 0 aromatic heterocycles. The van der Waals surface area contributed by atoms with Crippen LogP contribution < -0.4 is 18.9 Å². The van der Waals surface area contributed by atoms with Crippen molar-refractivity contribution >= 4 is 24.1 Å². The highest BCUT2D eigenvalue weighted by molar-refractivity contribution is 8.31. The maximum Gasteiger partial charge on any atom is 0.504 e. The summed E-state index contributed by atoms with van der Waals surface area (Å²) in [6.45, 7) is 12.5. The second-order valence-corrected chi connectivity index (χ2v) is 14.2. The largest absolute Gasteiger partial charge is 0.504 e. The number of sulfone groups is 2. The topological polar surface area (TPSA) is 142 Å². The molecule has 0 spiro atoms. The van der Waals surface area contributed by atoms with Gasteiger partial charge in [-0.15, -0.1) is 4.79 Å². The first-order chi connectivity index (χ1) is 20.5. The maximum absolute atomic E-state index is 13.9. The first-order valence-corrected chi connectivity index (χ1v) is 18.0. The fourth-order valence-corrected chi connectivity index (χ4v) is 7.84. The smallest absolute Gasteiger partial charge is 0.490 e. The second kappa shape index (κ2) is 17.3. The summed E-state index contributed by atoms with van der Waals surface area (Å²) in [6.07, 6.45) is 6.55. The van der Waals surface area contributed by atoms with Crippen LogP contribution in [-0.4, -0.2) is 52.4 Å². The lowest BCUT2D eigenvalue weighted by atomic mass is 10.2. The zero-order valence-electron chi connectivity index (χ0n) is 26.3. The highest BCUT2D eigenvalue weighted by Gasteiger charge is 2.46. The van der Waals surface area contributed by atoms with Crippen LogP contribution in [0.25, 0.3) is 5.53 Å². The van der Waals surface area contributed by atoms with Crippen molar-refractivity contribution in [3.63, 3.8) is 0 Å². The van der Waals surface area contributed by atoms with Gasteiger partial charge in [0, 0.05) is 12.1 Å². The number of unbranched alkanes of at least 4 members (excludes halogenated alkanes) is 4. The van der Waals surface area contributed by atoms with Gasteiger partial charge in [0.25, 0.3) is 19.7 Å². The summed E-state index contributed by atoms with van der Waals surface area (Å²) in [6, 6.07) is 5.47. The molecule has 0 amide bonds. The third kappa shape index (κ3) is 9.45. The maximum atomic E-state index is 13.9. The molecule has 240 valence electrons. The molecule has 0 aliphatic carbocycles. The van der Waals surface area contributed by atoms with Gasteiger partial charge >= 0.3 is 4.38 Å². The van der Waals surface area contributed by atoms with E-state index in [0.29, 0.717) is 37.9 Å². The SMILES string of the molecule is CCCCOc1cc(C)c(S(=O)(=O)C(=[N+]=[N-])S(=O)(=O)c2cc(OCCCC)c(OCCCC)cc2C)cc1OCCCC. The molecule has 0 saturated carbocycles. The number of rotatable bonds is 18. The Hall–Kier alpha value is -3.08. The van der Waals surface area contributed by atoms with Crippen LogP contribution in [0.15, 0.2) is 34.1 Å². The van der Waals surface area contributed by atoms with E-state index in [0.717, 1.165) is 51.4 Å². The Morgan fingerprint density at radius 1 is 0.581 bits per heavy atom. The van der Waals surface area contributed by atoms with Gasteiger partial charge in [-0.25, -0.2) is 16.8 Å². The number of benzene rings is 2. The monoisotopic (exact) mass is 638 g/mol. The number of aryl methyl sites for hydroxylation is 2. The molecule has 0 radical (unpaired) electrons. The number of nitrogens with zero attached hydrogens (tertiary/aromatic N) is 2. The molecule has 0 bridgehead atoms. The molecule has 10 nitrogen and oxygen atoms in total. The summed E-state index contributed by atoms with van der Waals surface area (Å²) >= 11 is 0. The lowest BCUT2D eigenvalue weighted by Gasteiger charge is -2.17. The first kappa shape index (κ1) is 36.1. The van der Waals surface area contributed by atoms with Gasteiger partial charge in [0.05, 0.1) is 36.2 Å². The van der Waals surface area contributed by atoms with Crippen LogP contribution in [0.4, 0.5) is 0 Å². The van der Waals surface area contributed by atoms with E-state index in [2.05, 4.69) is 4.79 Å². The second-order valence-electron chi connectivity index (χ2n) is 10.3. The Balaban J connectivity index is 2.63. The molecular weight excluding hydrogens is 592 g/mol. The van der Waals surface area contributed by atoms with E-state index in [9.17, 15) is 22.4 Å². The quantitative estimate of drug-likeness (QED) is 0.0567. The van der Waals surface area contributed by atoms with Crippen LogP contribution in [-0.2, 0) is 19.7 Å². The lowest BCUT2D eigenvalue weighted by molar-refractivity contribution is 0.00379. The molecular formula is C31H46N2O8S2. The lowest BCUT2D eigenvalue weighted by Crippen LogP contribution is -2.27. The van der Waals surface area contributed by atoms with E-state index in [1.54, 1.807) is 0 Å².